The van der Waals surface area contributed by atoms with Crippen molar-refractivity contribution in [3.8, 4) is 11.4 Å². The number of carbonyl (C=O) groups excluding carboxylic acids is 1. The van der Waals surface area contributed by atoms with Crippen LogP contribution >= 0.6 is 0 Å². The van der Waals surface area contributed by atoms with E-state index >= 15 is 0 Å². The summed E-state index contributed by atoms with van der Waals surface area (Å²) in [4.78, 5) is 23.3. The molecular weight excluding hydrogens is 470 g/mol. The van der Waals surface area contributed by atoms with Crippen LogP contribution in [0.1, 0.15) is 27.2 Å². The van der Waals surface area contributed by atoms with Crippen LogP contribution in [0.5, 0.6) is 0 Å². The molecule has 0 bridgehead atoms. The molecule has 2 aromatic rings. The van der Waals surface area contributed by atoms with Gasteiger partial charge in [-0.25, -0.2) is 0 Å². The van der Waals surface area contributed by atoms with Gasteiger partial charge in [-0.3, -0.25) is 14.8 Å². The fourth-order valence-corrected chi connectivity index (χ4v) is 2.72. The van der Waals surface area contributed by atoms with E-state index in [0.29, 0.717) is 18.0 Å². The molecule has 1 fully saturated rings. The molecule has 0 amide bonds. The standard InChI is InChI=1S/C19H22N3O.W/c1-19(2,3)11-16(23)15-12-22(13-15)17-9-10-20-18(21-17)14-7-5-4-6-8-14;/h4-7,9-10,15H,11-13H2,1-3H3;/q-1;. The van der Waals surface area contributed by atoms with Crippen molar-refractivity contribution in [2.45, 2.75) is 27.2 Å². The van der Waals surface area contributed by atoms with Crippen molar-refractivity contribution < 1.29 is 25.9 Å². The molecule has 0 N–H and O–H groups in total. The zero-order chi connectivity index (χ0) is 16.4. The van der Waals surface area contributed by atoms with Crippen molar-refractivity contribution in [2.24, 2.45) is 11.3 Å². The summed E-state index contributed by atoms with van der Waals surface area (Å²) in [5.41, 5.74) is 0.943. The summed E-state index contributed by atoms with van der Waals surface area (Å²) in [6.45, 7) is 7.82. The SMILES string of the molecule is CC(C)(C)CC(=O)C1CN(c2ccnc(-c3[c-]cccc3)n2)C1.[W]. The van der Waals surface area contributed by atoms with E-state index < -0.39 is 0 Å². The van der Waals surface area contributed by atoms with E-state index in [2.05, 4.69) is 41.7 Å². The molecule has 1 aliphatic rings. The zero-order valence-corrected chi connectivity index (χ0v) is 17.3. The van der Waals surface area contributed by atoms with Gasteiger partial charge in [-0.15, -0.1) is 35.9 Å². The molecule has 0 unspecified atom stereocenters. The second-order valence-corrected chi connectivity index (χ2v) is 7.32. The Morgan fingerprint density at radius 2 is 2.04 bits per heavy atom. The molecule has 3 rings (SSSR count). The minimum atomic E-state index is 0. The molecule has 0 aliphatic carbocycles. The number of carbonyl (C=O) groups is 1. The van der Waals surface area contributed by atoms with Gasteiger partial charge in [0.05, 0.1) is 11.7 Å². The van der Waals surface area contributed by atoms with E-state index in [4.69, 9.17) is 0 Å². The van der Waals surface area contributed by atoms with Gasteiger partial charge in [0.2, 0.25) is 0 Å². The third-order valence-corrected chi connectivity index (χ3v) is 3.96. The van der Waals surface area contributed by atoms with E-state index in [0.717, 1.165) is 24.5 Å². The van der Waals surface area contributed by atoms with Crippen LogP contribution in [0, 0.1) is 17.4 Å². The third-order valence-electron chi connectivity index (χ3n) is 3.96. The van der Waals surface area contributed by atoms with Crippen molar-refractivity contribution in [1.29, 1.82) is 0 Å². The number of hydrogen-bond acceptors (Lipinski definition) is 4. The fraction of sp³-hybridized carbons (Fsp3) is 0.421. The molecule has 1 aliphatic heterocycles. The van der Waals surface area contributed by atoms with E-state index in [1.807, 2.05) is 30.3 Å². The number of nitrogens with zero attached hydrogens (tertiary/aromatic N) is 3. The van der Waals surface area contributed by atoms with Crippen molar-refractivity contribution in [2.75, 3.05) is 18.0 Å². The summed E-state index contributed by atoms with van der Waals surface area (Å²) < 4.78 is 0. The quantitative estimate of drug-likeness (QED) is 0.615. The van der Waals surface area contributed by atoms with Crippen molar-refractivity contribution in [1.82, 2.24) is 9.97 Å². The van der Waals surface area contributed by atoms with Gasteiger partial charge in [-0.05, 0) is 11.5 Å². The fourth-order valence-electron chi connectivity index (χ4n) is 2.72. The monoisotopic (exact) mass is 492 g/mol. The molecule has 0 spiro atoms. The van der Waals surface area contributed by atoms with Gasteiger partial charge < -0.3 is 4.90 Å². The molecule has 1 aromatic carbocycles. The zero-order valence-electron chi connectivity index (χ0n) is 14.3. The smallest absolute Gasteiger partial charge is 0.140 e. The Morgan fingerprint density at radius 3 is 2.67 bits per heavy atom. The maximum atomic E-state index is 12.2. The number of aromatic nitrogens is 2. The molecule has 126 valence electrons. The van der Waals surface area contributed by atoms with E-state index in [9.17, 15) is 4.79 Å². The molecule has 0 atom stereocenters. The first-order valence-electron chi connectivity index (χ1n) is 8.00. The molecule has 24 heavy (non-hydrogen) atoms. The van der Waals surface area contributed by atoms with Gasteiger partial charge in [-0.1, -0.05) is 20.8 Å². The average molecular weight is 492 g/mol. The van der Waals surface area contributed by atoms with Crippen LogP contribution in [0.2, 0.25) is 0 Å². The van der Waals surface area contributed by atoms with Crippen LogP contribution in [0.4, 0.5) is 5.82 Å². The predicted molar refractivity (Wildman–Crippen MR) is 91.1 cm³/mol. The topological polar surface area (TPSA) is 46.1 Å². The van der Waals surface area contributed by atoms with Crippen LogP contribution in [0.25, 0.3) is 11.4 Å². The number of ketones is 1. The molecule has 0 radical (unpaired) electrons. The van der Waals surface area contributed by atoms with Crippen LogP contribution in [-0.2, 0) is 25.9 Å². The largest absolute Gasteiger partial charge is 0.356 e. The van der Waals surface area contributed by atoms with Crippen LogP contribution < -0.4 is 4.90 Å². The van der Waals surface area contributed by atoms with Crippen molar-refractivity contribution in [3.05, 3.63) is 42.6 Å². The Kier molecular flexibility index (Phi) is 5.92. The minimum absolute atomic E-state index is 0. The molecular formula is C19H22N3OW-. The summed E-state index contributed by atoms with van der Waals surface area (Å²) in [7, 11) is 0. The summed E-state index contributed by atoms with van der Waals surface area (Å²) >= 11 is 0. The van der Waals surface area contributed by atoms with E-state index in [1.54, 1.807) is 6.20 Å². The third kappa shape index (κ3) is 4.51. The Hall–Kier alpha value is -1.54. The Labute approximate surface area is 158 Å². The number of hydrogen-bond donors (Lipinski definition) is 0. The Bertz CT molecular complexity index is 691. The van der Waals surface area contributed by atoms with Crippen LogP contribution in [0.3, 0.4) is 0 Å². The predicted octanol–water partition coefficient (Wildman–Crippen LogP) is 3.38. The maximum Gasteiger partial charge on any atom is 0.140 e. The van der Waals surface area contributed by atoms with E-state index in [1.165, 1.54) is 0 Å². The first-order valence-corrected chi connectivity index (χ1v) is 8.00. The van der Waals surface area contributed by atoms with Crippen LogP contribution in [0.15, 0.2) is 36.5 Å². The second kappa shape index (κ2) is 7.56. The number of Topliss-reactive ketones (excluding diaryl/α,β-unsaturated/α-hetero) is 1. The van der Waals surface area contributed by atoms with E-state index in [-0.39, 0.29) is 32.4 Å². The Balaban J connectivity index is 0.00000208. The molecule has 0 saturated carbocycles. The number of benzene rings is 1. The first-order chi connectivity index (χ1) is 10.9. The number of anilines is 1. The molecule has 5 heteroatoms. The normalized spacial score (nSPS) is 14.7. The summed E-state index contributed by atoms with van der Waals surface area (Å²) in [6, 6.07) is 12.7. The molecule has 1 saturated heterocycles. The summed E-state index contributed by atoms with van der Waals surface area (Å²) in [5.74, 6) is 2.05. The van der Waals surface area contributed by atoms with Gasteiger partial charge in [0.25, 0.3) is 0 Å². The van der Waals surface area contributed by atoms with Gasteiger partial charge >= 0.3 is 0 Å². The van der Waals surface area contributed by atoms with Gasteiger partial charge in [-0.2, -0.15) is 0 Å². The average Bonchev–Trinajstić information content (AvgIpc) is 2.45. The molecule has 1 aromatic heterocycles. The molecule has 4 nitrogen and oxygen atoms in total. The van der Waals surface area contributed by atoms with Crippen LogP contribution in [-0.4, -0.2) is 28.8 Å². The molecule has 2 heterocycles. The number of rotatable bonds is 4. The second-order valence-electron chi connectivity index (χ2n) is 7.32. The van der Waals surface area contributed by atoms with Gasteiger partial charge in [0, 0.05) is 46.8 Å². The summed E-state index contributed by atoms with van der Waals surface area (Å²) in [6.07, 6.45) is 2.41. The summed E-state index contributed by atoms with van der Waals surface area (Å²) in [5, 5.41) is 0. The van der Waals surface area contributed by atoms with Gasteiger partial charge in [0.1, 0.15) is 11.6 Å². The minimum Gasteiger partial charge on any atom is -0.356 e. The first kappa shape index (κ1) is 18.8. The van der Waals surface area contributed by atoms with Crippen molar-refractivity contribution >= 4 is 11.6 Å². The van der Waals surface area contributed by atoms with Crippen molar-refractivity contribution in [3.63, 3.8) is 0 Å². The van der Waals surface area contributed by atoms with Gasteiger partial charge in [0.15, 0.2) is 0 Å². The maximum absolute atomic E-state index is 12.2. The Morgan fingerprint density at radius 1 is 1.29 bits per heavy atom.